The molecule has 0 spiro atoms. The van der Waals surface area contributed by atoms with Crippen LogP contribution in [-0.2, 0) is 4.79 Å². The van der Waals surface area contributed by atoms with Gasteiger partial charge in [0.05, 0.1) is 6.42 Å². The number of carboxylic acid groups (broad SMARTS) is 1. The van der Waals surface area contributed by atoms with Gasteiger partial charge in [-0.15, -0.1) is 0 Å². The fourth-order valence-electron chi connectivity index (χ4n) is 4.87. The molecule has 1 N–H and O–H groups in total. The zero-order valence-electron chi connectivity index (χ0n) is 8.70. The molecule has 3 saturated carbocycles. The number of hydrogen-bond acceptors (Lipinski definition) is 1. The molecule has 0 aromatic rings. The lowest BCUT2D eigenvalue weighted by atomic mass is 9.34. The van der Waals surface area contributed by atoms with E-state index in [1.54, 1.807) is 0 Å². The summed E-state index contributed by atoms with van der Waals surface area (Å²) in [6, 6.07) is 0. The third-order valence-electron chi connectivity index (χ3n) is 4.97. The molecular weight excluding hydrogens is 176 g/mol. The molecule has 2 atom stereocenters. The van der Waals surface area contributed by atoms with Gasteiger partial charge in [0.1, 0.15) is 0 Å². The van der Waals surface area contributed by atoms with Crippen LogP contribution in [0.15, 0.2) is 0 Å². The van der Waals surface area contributed by atoms with Crippen molar-refractivity contribution in [2.75, 3.05) is 0 Å². The van der Waals surface area contributed by atoms with Gasteiger partial charge in [-0.25, -0.2) is 0 Å². The van der Waals surface area contributed by atoms with Gasteiger partial charge in [0, 0.05) is 0 Å². The van der Waals surface area contributed by atoms with Crippen LogP contribution in [0, 0.1) is 29.1 Å². The normalized spacial score (nSPS) is 54.1. The second-order valence-electron chi connectivity index (χ2n) is 5.96. The van der Waals surface area contributed by atoms with Gasteiger partial charge in [0.25, 0.3) is 0 Å². The van der Waals surface area contributed by atoms with E-state index in [0.717, 1.165) is 23.7 Å². The Bertz CT molecular complexity index is 268. The maximum absolute atomic E-state index is 10.8. The quantitative estimate of drug-likeness (QED) is 0.733. The lowest BCUT2D eigenvalue weighted by Gasteiger charge is -2.70. The molecule has 3 rings (SSSR count). The van der Waals surface area contributed by atoms with Gasteiger partial charge in [0.15, 0.2) is 0 Å². The maximum Gasteiger partial charge on any atom is 0.303 e. The average molecular weight is 194 g/mol. The van der Waals surface area contributed by atoms with Crippen molar-refractivity contribution in [1.29, 1.82) is 0 Å². The van der Waals surface area contributed by atoms with Crippen LogP contribution in [-0.4, -0.2) is 11.1 Å². The Labute approximate surface area is 84.7 Å². The fourth-order valence-corrected chi connectivity index (χ4v) is 4.87. The van der Waals surface area contributed by atoms with E-state index in [9.17, 15) is 4.79 Å². The molecule has 3 aliphatic carbocycles. The predicted octanol–water partition coefficient (Wildman–Crippen LogP) is 2.53. The number of aliphatic carboxylic acids is 1. The zero-order chi connectivity index (χ0) is 9.92. The topological polar surface area (TPSA) is 37.3 Å². The highest BCUT2D eigenvalue weighted by molar-refractivity contribution is 5.68. The molecule has 2 nitrogen and oxygen atoms in total. The molecule has 0 aromatic carbocycles. The third kappa shape index (κ3) is 0.945. The summed E-state index contributed by atoms with van der Waals surface area (Å²) >= 11 is 0. The highest BCUT2D eigenvalue weighted by Crippen LogP contribution is 2.73. The van der Waals surface area contributed by atoms with Crippen molar-refractivity contribution < 1.29 is 9.90 Å². The summed E-state index contributed by atoms with van der Waals surface area (Å²) in [6.07, 6.45) is 5.60. The van der Waals surface area contributed by atoms with E-state index in [-0.39, 0.29) is 5.41 Å². The molecule has 0 radical (unpaired) electrons. The minimum absolute atomic E-state index is 0.265. The second-order valence-corrected chi connectivity index (χ2v) is 5.96. The molecule has 3 fully saturated rings. The summed E-state index contributed by atoms with van der Waals surface area (Å²) in [5, 5.41) is 8.88. The van der Waals surface area contributed by atoms with Crippen molar-refractivity contribution in [3.05, 3.63) is 0 Å². The highest BCUT2D eigenvalue weighted by atomic mass is 16.4. The van der Waals surface area contributed by atoms with Crippen LogP contribution in [0.1, 0.15) is 39.0 Å². The van der Waals surface area contributed by atoms with Gasteiger partial charge in [0.2, 0.25) is 0 Å². The first kappa shape index (κ1) is 8.75. The van der Waals surface area contributed by atoms with Crippen LogP contribution in [0.4, 0.5) is 0 Å². The molecule has 78 valence electrons. The molecular formula is C12H18O2. The number of rotatable bonds is 2. The van der Waals surface area contributed by atoms with Gasteiger partial charge in [-0.2, -0.15) is 0 Å². The van der Waals surface area contributed by atoms with Crippen molar-refractivity contribution in [3.63, 3.8) is 0 Å². The van der Waals surface area contributed by atoms with Crippen LogP contribution < -0.4 is 0 Å². The van der Waals surface area contributed by atoms with Crippen LogP contribution in [0.5, 0.6) is 0 Å². The van der Waals surface area contributed by atoms with E-state index < -0.39 is 5.97 Å². The molecule has 0 heterocycles. The zero-order valence-corrected chi connectivity index (χ0v) is 8.70. The van der Waals surface area contributed by atoms with E-state index in [2.05, 4.69) is 6.92 Å². The molecule has 0 aliphatic heterocycles. The minimum atomic E-state index is -0.583. The Morgan fingerprint density at radius 3 is 2.43 bits per heavy atom. The molecule has 3 aliphatic rings. The Morgan fingerprint density at radius 2 is 1.93 bits per heavy atom. The Hall–Kier alpha value is -0.530. The van der Waals surface area contributed by atoms with Gasteiger partial charge in [-0.05, 0) is 54.8 Å². The minimum Gasteiger partial charge on any atom is -0.481 e. The van der Waals surface area contributed by atoms with Crippen LogP contribution in [0.25, 0.3) is 0 Å². The molecule has 0 saturated heterocycles. The monoisotopic (exact) mass is 194 g/mol. The third-order valence-corrected chi connectivity index (χ3v) is 4.97. The molecule has 2 heteroatoms. The molecule has 2 unspecified atom stereocenters. The molecule has 0 bridgehead atoms. The Kier molecular flexibility index (Phi) is 1.58. The highest BCUT2D eigenvalue weighted by Gasteiger charge is 2.66. The van der Waals surface area contributed by atoms with Gasteiger partial charge >= 0.3 is 5.97 Å². The summed E-state index contributed by atoms with van der Waals surface area (Å²) in [5.74, 6) is 2.88. The van der Waals surface area contributed by atoms with Crippen molar-refractivity contribution >= 4 is 5.97 Å². The SMILES string of the molecule is CC1CC2CC3(CC(=O)O)CC(C1)C23. The first-order valence-corrected chi connectivity index (χ1v) is 5.82. The average Bonchev–Trinajstić information content (AvgIpc) is 1.97. The summed E-state index contributed by atoms with van der Waals surface area (Å²) in [5.41, 5.74) is 0.265. The first-order chi connectivity index (χ1) is 6.61. The summed E-state index contributed by atoms with van der Waals surface area (Å²) in [4.78, 5) is 10.8. The molecule has 14 heavy (non-hydrogen) atoms. The number of carboxylic acids is 1. The van der Waals surface area contributed by atoms with Gasteiger partial charge in [-0.1, -0.05) is 6.92 Å². The van der Waals surface area contributed by atoms with E-state index in [1.165, 1.54) is 25.7 Å². The van der Waals surface area contributed by atoms with E-state index in [0.29, 0.717) is 6.42 Å². The summed E-state index contributed by atoms with van der Waals surface area (Å²) in [6.45, 7) is 2.35. The molecule has 0 aromatic heterocycles. The van der Waals surface area contributed by atoms with Crippen molar-refractivity contribution in [2.45, 2.75) is 39.0 Å². The van der Waals surface area contributed by atoms with Crippen LogP contribution >= 0.6 is 0 Å². The molecule has 0 amide bonds. The van der Waals surface area contributed by atoms with Crippen molar-refractivity contribution in [1.82, 2.24) is 0 Å². The lowest BCUT2D eigenvalue weighted by Crippen LogP contribution is -2.64. The fraction of sp³-hybridized carbons (Fsp3) is 0.917. The Balaban J connectivity index is 1.72. The van der Waals surface area contributed by atoms with Crippen molar-refractivity contribution in [3.8, 4) is 0 Å². The number of carbonyl (C=O) groups is 1. The smallest absolute Gasteiger partial charge is 0.303 e. The van der Waals surface area contributed by atoms with Crippen LogP contribution in [0.3, 0.4) is 0 Å². The lowest BCUT2D eigenvalue weighted by molar-refractivity contribution is -0.223. The largest absolute Gasteiger partial charge is 0.481 e. The van der Waals surface area contributed by atoms with E-state index in [4.69, 9.17) is 5.11 Å². The van der Waals surface area contributed by atoms with Gasteiger partial charge in [-0.3, -0.25) is 4.79 Å². The van der Waals surface area contributed by atoms with Crippen molar-refractivity contribution in [2.24, 2.45) is 29.1 Å². The summed E-state index contributed by atoms with van der Waals surface area (Å²) < 4.78 is 0. The van der Waals surface area contributed by atoms with Crippen LogP contribution in [0.2, 0.25) is 0 Å². The number of hydrogen-bond donors (Lipinski definition) is 1. The first-order valence-electron chi connectivity index (χ1n) is 5.82. The predicted molar refractivity (Wildman–Crippen MR) is 52.8 cm³/mol. The summed E-state index contributed by atoms with van der Waals surface area (Å²) in [7, 11) is 0. The van der Waals surface area contributed by atoms with Gasteiger partial charge < -0.3 is 5.11 Å². The second kappa shape index (κ2) is 2.53. The van der Waals surface area contributed by atoms with E-state index >= 15 is 0 Å². The standard InChI is InChI=1S/C12H18O2/c1-7-2-8-4-12(6-10(13)14)5-9(3-7)11(8)12/h7-9,11H,2-6H2,1H3,(H,13,14). The van der Waals surface area contributed by atoms with E-state index in [1.807, 2.05) is 0 Å². The maximum atomic E-state index is 10.8. The Morgan fingerprint density at radius 1 is 1.36 bits per heavy atom.